The van der Waals surface area contributed by atoms with Gasteiger partial charge in [-0.2, -0.15) is 0 Å². The second-order valence-corrected chi connectivity index (χ2v) is 11.4. The summed E-state index contributed by atoms with van der Waals surface area (Å²) in [6.07, 6.45) is -0.123. The number of carbonyl (C=O) groups excluding carboxylic acids is 3. The molecule has 0 saturated heterocycles. The molecule has 3 aromatic rings. The van der Waals surface area contributed by atoms with Gasteiger partial charge in [0.1, 0.15) is 5.75 Å². The standard InChI is InChI=1S/C29H31BrN4O4S/c1-17(2)38-24-15-12-21(30)16-23(24)27(37)32-28(39)34-33-26(36)19-8-13-22(14-9-19)31-25(35)18-6-10-20(11-7-18)29(3,4)5/h6-17H,1-5H3,(H,31,35)(H,33,36)(H2,32,34,37,39). The van der Waals surface area contributed by atoms with Crippen molar-refractivity contribution in [1.82, 2.24) is 16.2 Å². The molecule has 4 N–H and O–H groups in total. The average Bonchev–Trinajstić information content (AvgIpc) is 2.88. The quantitative estimate of drug-likeness (QED) is 0.209. The third-order valence-electron chi connectivity index (χ3n) is 5.48. The summed E-state index contributed by atoms with van der Waals surface area (Å²) >= 11 is 8.49. The maximum absolute atomic E-state index is 12.7. The minimum absolute atomic E-state index is 0.000842. The Hall–Kier alpha value is -3.76. The van der Waals surface area contributed by atoms with Crippen LogP contribution in [0.5, 0.6) is 5.75 Å². The molecule has 0 aromatic heterocycles. The smallest absolute Gasteiger partial charge is 0.269 e. The van der Waals surface area contributed by atoms with Gasteiger partial charge >= 0.3 is 0 Å². The van der Waals surface area contributed by atoms with Crippen LogP contribution in [0.15, 0.2) is 71.2 Å². The monoisotopic (exact) mass is 610 g/mol. The van der Waals surface area contributed by atoms with E-state index >= 15 is 0 Å². The van der Waals surface area contributed by atoms with Gasteiger partial charge < -0.3 is 10.1 Å². The number of anilines is 1. The van der Waals surface area contributed by atoms with Crippen molar-refractivity contribution in [3.8, 4) is 5.75 Å². The van der Waals surface area contributed by atoms with Crippen molar-refractivity contribution in [2.75, 3.05) is 5.32 Å². The molecule has 0 aliphatic heterocycles. The van der Waals surface area contributed by atoms with E-state index in [1.165, 1.54) is 0 Å². The fraction of sp³-hybridized carbons (Fsp3) is 0.241. The first-order valence-corrected chi connectivity index (χ1v) is 13.4. The Balaban J connectivity index is 1.53. The van der Waals surface area contributed by atoms with E-state index in [4.69, 9.17) is 17.0 Å². The summed E-state index contributed by atoms with van der Waals surface area (Å²) in [4.78, 5) is 37.9. The van der Waals surface area contributed by atoms with Gasteiger partial charge in [0, 0.05) is 21.3 Å². The normalized spacial score (nSPS) is 10.9. The summed E-state index contributed by atoms with van der Waals surface area (Å²) in [6, 6.07) is 18.9. The van der Waals surface area contributed by atoms with Gasteiger partial charge in [-0.3, -0.25) is 30.6 Å². The van der Waals surface area contributed by atoms with Crippen molar-refractivity contribution in [1.29, 1.82) is 0 Å². The first-order chi connectivity index (χ1) is 18.3. The van der Waals surface area contributed by atoms with Gasteiger partial charge in [-0.15, -0.1) is 0 Å². The van der Waals surface area contributed by atoms with Gasteiger partial charge in [-0.05, 0) is 91.6 Å². The number of rotatable bonds is 6. The molecule has 0 radical (unpaired) electrons. The summed E-state index contributed by atoms with van der Waals surface area (Å²) in [7, 11) is 0. The fourth-order valence-electron chi connectivity index (χ4n) is 3.45. The Morgan fingerprint density at radius 3 is 2.00 bits per heavy atom. The molecule has 3 rings (SSSR count). The molecule has 0 heterocycles. The Kier molecular flexibility index (Phi) is 9.82. The van der Waals surface area contributed by atoms with Crippen molar-refractivity contribution < 1.29 is 19.1 Å². The number of carbonyl (C=O) groups is 3. The molecule has 0 bridgehead atoms. The Labute approximate surface area is 242 Å². The van der Waals surface area contributed by atoms with E-state index in [-0.39, 0.29) is 28.1 Å². The summed E-state index contributed by atoms with van der Waals surface area (Å²) in [6.45, 7) is 10.1. The summed E-state index contributed by atoms with van der Waals surface area (Å²) in [5.41, 5.74) is 7.79. The van der Waals surface area contributed by atoms with Crippen LogP contribution < -0.4 is 26.2 Å². The molecule has 39 heavy (non-hydrogen) atoms. The van der Waals surface area contributed by atoms with Gasteiger partial charge in [0.2, 0.25) is 0 Å². The number of benzene rings is 3. The number of ether oxygens (including phenoxy) is 1. The lowest BCUT2D eigenvalue weighted by Gasteiger charge is -2.19. The lowest BCUT2D eigenvalue weighted by atomic mass is 9.87. The molecule has 8 nitrogen and oxygen atoms in total. The van der Waals surface area contributed by atoms with Crippen LogP contribution in [-0.2, 0) is 5.41 Å². The van der Waals surface area contributed by atoms with Crippen LogP contribution in [0.25, 0.3) is 0 Å². The molecule has 204 valence electrons. The predicted octanol–water partition coefficient (Wildman–Crippen LogP) is 5.74. The molecule has 0 aliphatic rings. The first-order valence-electron chi connectivity index (χ1n) is 12.2. The molecule has 3 amide bonds. The number of hydrazine groups is 1. The van der Waals surface area contributed by atoms with Crippen molar-refractivity contribution in [3.05, 3.63) is 93.5 Å². The van der Waals surface area contributed by atoms with Crippen LogP contribution >= 0.6 is 28.1 Å². The molecule has 10 heteroatoms. The van der Waals surface area contributed by atoms with Crippen molar-refractivity contribution in [2.24, 2.45) is 0 Å². The number of thiocarbonyl (C=S) groups is 1. The third kappa shape index (κ3) is 8.62. The van der Waals surface area contributed by atoms with Crippen LogP contribution in [0.1, 0.15) is 71.3 Å². The fourth-order valence-corrected chi connectivity index (χ4v) is 3.96. The second-order valence-electron chi connectivity index (χ2n) is 10.0. The van der Waals surface area contributed by atoms with E-state index in [9.17, 15) is 14.4 Å². The number of hydrogen-bond donors (Lipinski definition) is 4. The second kappa shape index (κ2) is 12.9. The molecular weight excluding hydrogens is 580 g/mol. The average molecular weight is 612 g/mol. The topological polar surface area (TPSA) is 109 Å². The van der Waals surface area contributed by atoms with E-state index in [0.29, 0.717) is 27.0 Å². The van der Waals surface area contributed by atoms with Gasteiger partial charge in [-0.25, -0.2) is 0 Å². The molecule has 0 fully saturated rings. The highest BCUT2D eigenvalue weighted by atomic mass is 79.9. The van der Waals surface area contributed by atoms with Gasteiger partial charge in [-0.1, -0.05) is 48.8 Å². The molecule has 0 atom stereocenters. The van der Waals surface area contributed by atoms with Crippen molar-refractivity contribution in [2.45, 2.75) is 46.1 Å². The Morgan fingerprint density at radius 2 is 1.41 bits per heavy atom. The van der Waals surface area contributed by atoms with E-state index < -0.39 is 11.8 Å². The number of nitrogens with one attached hydrogen (secondary N) is 4. The molecule has 0 spiro atoms. The van der Waals surface area contributed by atoms with Gasteiger partial charge in [0.25, 0.3) is 17.7 Å². The molecule has 0 saturated carbocycles. The number of halogens is 1. The zero-order chi connectivity index (χ0) is 28.7. The predicted molar refractivity (Wildman–Crippen MR) is 160 cm³/mol. The van der Waals surface area contributed by atoms with Crippen LogP contribution in [0.4, 0.5) is 5.69 Å². The molecular formula is C29H31BrN4O4S. The van der Waals surface area contributed by atoms with Crippen LogP contribution in [0, 0.1) is 0 Å². The van der Waals surface area contributed by atoms with Gasteiger partial charge in [0.05, 0.1) is 11.7 Å². The number of hydrogen-bond acceptors (Lipinski definition) is 5. The summed E-state index contributed by atoms with van der Waals surface area (Å²) < 4.78 is 6.40. The zero-order valence-corrected chi connectivity index (χ0v) is 24.7. The summed E-state index contributed by atoms with van der Waals surface area (Å²) in [5, 5.41) is 5.25. The summed E-state index contributed by atoms with van der Waals surface area (Å²) in [5.74, 6) is -0.810. The van der Waals surface area contributed by atoms with E-state index in [0.717, 1.165) is 5.56 Å². The van der Waals surface area contributed by atoms with Crippen molar-refractivity contribution >= 4 is 56.7 Å². The lowest BCUT2D eigenvalue weighted by Crippen LogP contribution is -2.48. The lowest BCUT2D eigenvalue weighted by molar-refractivity contribution is 0.0933. The molecule has 0 aliphatic carbocycles. The van der Waals surface area contributed by atoms with E-state index in [1.54, 1.807) is 54.6 Å². The SMILES string of the molecule is CC(C)Oc1ccc(Br)cc1C(=O)NC(=S)NNC(=O)c1ccc(NC(=O)c2ccc(C(C)(C)C)cc2)cc1. The largest absolute Gasteiger partial charge is 0.490 e. The zero-order valence-electron chi connectivity index (χ0n) is 22.3. The Morgan fingerprint density at radius 1 is 0.821 bits per heavy atom. The van der Waals surface area contributed by atoms with Gasteiger partial charge in [0.15, 0.2) is 5.11 Å². The van der Waals surface area contributed by atoms with E-state index in [2.05, 4.69) is 58.2 Å². The van der Waals surface area contributed by atoms with Crippen LogP contribution in [0.2, 0.25) is 0 Å². The minimum Gasteiger partial charge on any atom is -0.490 e. The maximum Gasteiger partial charge on any atom is 0.269 e. The molecule has 3 aromatic carbocycles. The minimum atomic E-state index is -0.494. The first kappa shape index (κ1) is 29.8. The Bertz CT molecular complexity index is 1370. The highest BCUT2D eigenvalue weighted by Crippen LogP contribution is 2.24. The van der Waals surface area contributed by atoms with Crippen LogP contribution in [-0.4, -0.2) is 28.9 Å². The van der Waals surface area contributed by atoms with E-state index in [1.807, 2.05) is 26.0 Å². The highest BCUT2D eigenvalue weighted by Gasteiger charge is 2.17. The maximum atomic E-state index is 12.7. The molecule has 0 unspecified atom stereocenters. The third-order valence-corrected chi connectivity index (χ3v) is 6.18. The number of amides is 3. The highest BCUT2D eigenvalue weighted by molar-refractivity contribution is 9.10. The van der Waals surface area contributed by atoms with Crippen LogP contribution in [0.3, 0.4) is 0 Å². The van der Waals surface area contributed by atoms with Crippen molar-refractivity contribution in [3.63, 3.8) is 0 Å².